The van der Waals surface area contributed by atoms with Crippen molar-refractivity contribution in [3.63, 3.8) is 0 Å². The van der Waals surface area contributed by atoms with E-state index in [1.54, 1.807) is 0 Å². The second-order valence-electron chi connectivity index (χ2n) is 4.87. The van der Waals surface area contributed by atoms with Crippen molar-refractivity contribution in [1.29, 1.82) is 0 Å². The Kier molecular flexibility index (Phi) is 8.94. The van der Waals surface area contributed by atoms with Crippen molar-refractivity contribution in [2.45, 2.75) is 38.6 Å². The number of likely N-dealkylation sites (tertiary alicyclic amines) is 1. The van der Waals surface area contributed by atoms with Crippen LogP contribution in [-0.4, -0.2) is 55.5 Å². The van der Waals surface area contributed by atoms with Crippen LogP contribution in [0.5, 0.6) is 0 Å². The molecule has 1 aliphatic heterocycles. The van der Waals surface area contributed by atoms with Crippen LogP contribution in [0, 0.1) is 0 Å². The summed E-state index contributed by atoms with van der Waals surface area (Å²) in [4.78, 5) is 8.78. The monoisotopic (exact) mass is 354 g/mol. The molecule has 1 atom stereocenters. The molecule has 1 aliphatic rings. The number of aliphatic imine (C=N–C) groups is 1. The third-order valence-electron chi connectivity index (χ3n) is 3.29. The zero-order valence-corrected chi connectivity index (χ0v) is 13.7. The van der Waals surface area contributed by atoms with E-state index in [1.807, 2.05) is 19.0 Å². The molecule has 1 fully saturated rings. The van der Waals surface area contributed by atoms with E-state index >= 15 is 0 Å². The largest absolute Gasteiger partial charge is 0.370 e. The quantitative estimate of drug-likeness (QED) is 0.475. The van der Waals surface area contributed by atoms with Crippen LogP contribution in [0.1, 0.15) is 32.6 Å². The van der Waals surface area contributed by atoms with Gasteiger partial charge in [-0.1, -0.05) is 6.42 Å². The van der Waals surface area contributed by atoms with Crippen molar-refractivity contribution < 1.29 is 0 Å². The third kappa shape index (κ3) is 6.45. The minimum Gasteiger partial charge on any atom is -0.370 e. The molecule has 5 heteroatoms. The van der Waals surface area contributed by atoms with Crippen LogP contribution in [0.15, 0.2) is 4.99 Å². The summed E-state index contributed by atoms with van der Waals surface area (Å²) in [6, 6.07) is 0.638. The van der Waals surface area contributed by atoms with Gasteiger partial charge < -0.3 is 15.5 Å². The smallest absolute Gasteiger partial charge is 0.190 e. The molecule has 0 amide bonds. The lowest BCUT2D eigenvalue weighted by molar-refractivity contribution is 0.168. The molecule has 0 aromatic rings. The summed E-state index contributed by atoms with van der Waals surface area (Å²) in [7, 11) is 3.85. The van der Waals surface area contributed by atoms with Gasteiger partial charge in [-0.25, -0.2) is 0 Å². The second kappa shape index (κ2) is 8.97. The standard InChI is InChI=1S/C12H26N4.HI/c1-11(16-9-5-4-6-10-16)7-8-14-12(13)15(2)3;/h11H,4-10H2,1-3H3,(H2,13,14);1H. The van der Waals surface area contributed by atoms with Gasteiger partial charge in [0.1, 0.15) is 0 Å². The van der Waals surface area contributed by atoms with Gasteiger partial charge in [0.05, 0.1) is 0 Å². The fourth-order valence-corrected chi connectivity index (χ4v) is 2.05. The fourth-order valence-electron chi connectivity index (χ4n) is 2.05. The summed E-state index contributed by atoms with van der Waals surface area (Å²) in [6.07, 6.45) is 5.21. The molecular weight excluding hydrogens is 327 g/mol. The molecule has 102 valence electrons. The molecule has 0 aromatic heterocycles. The third-order valence-corrected chi connectivity index (χ3v) is 3.29. The minimum absolute atomic E-state index is 0. The Balaban J connectivity index is 0.00000256. The van der Waals surface area contributed by atoms with Crippen LogP contribution < -0.4 is 5.73 Å². The van der Waals surface area contributed by atoms with Gasteiger partial charge in [-0.05, 0) is 39.3 Å². The molecule has 0 radical (unpaired) electrons. The van der Waals surface area contributed by atoms with Gasteiger partial charge in [0, 0.05) is 26.7 Å². The zero-order valence-electron chi connectivity index (χ0n) is 11.4. The summed E-state index contributed by atoms with van der Waals surface area (Å²) in [6.45, 7) is 5.65. The maximum atomic E-state index is 5.74. The van der Waals surface area contributed by atoms with Gasteiger partial charge in [-0.15, -0.1) is 24.0 Å². The summed E-state index contributed by atoms with van der Waals surface area (Å²) < 4.78 is 0. The summed E-state index contributed by atoms with van der Waals surface area (Å²) in [5.74, 6) is 0.630. The SMILES string of the molecule is CC(CCN=C(N)N(C)C)N1CCCCC1.I. The number of hydrogen-bond donors (Lipinski definition) is 1. The molecule has 1 unspecified atom stereocenters. The van der Waals surface area contributed by atoms with E-state index in [2.05, 4.69) is 16.8 Å². The molecule has 0 aliphatic carbocycles. The Morgan fingerprint density at radius 3 is 2.41 bits per heavy atom. The summed E-state index contributed by atoms with van der Waals surface area (Å²) in [5.41, 5.74) is 5.74. The van der Waals surface area contributed by atoms with Crippen molar-refractivity contribution in [2.24, 2.45) is 10.7 Å². The first kappa shape index (κ1) is 17.0. The van der Waals surface area contributed by atoms with Crippen molar-refractivity contribution in [3.8, 4) is 0 Å². The van der Waals surface area contributed by atoms with E-state index in [-0.39, 0.29) is 24.0 Å². The number of piperidine rings is 1. The Labute approximate surface area is 123 Å². The molecule has 0 bridgehead atoms. The normalized spacial score (nSPS) is 19.6. The number of nitrogens with zero attached hydrogens (tertiary/aromatic N) is 3. The van der Waals surface area contributed by atoms with Crippen molar-refractivity contribution in [2.75, 3.05) is 33.7 Å². The second-order valence-corrected chi connectivity index (χ2v) is 4.87. The molecule has 1 heterocycles. The van der Waals surface area contributed by atoms with E-state index in [1.165, 1.54) is 32.4 Å². The minimum atomic E-state index is 0. The van der Waals surface area contributed by atoms with Crippen molar-refractivity contribution >= 4 is 29.9 Å². The van der Waals surface area contributed by atoms with E-state index in [4.69, 9.17) is 5.73 Å². The van der Waals surface area contributed by atoms with E-state index in [0.29, 0.717) is 12.0 Å². The maximum absolute atomic E-state index is 5.74. The highest BCUT2D eigenvalue weighted by Crippen LogP contribution is 2.13. The molecule has 1 saturated heterocycles. The van der Waals surface area contributed by atoms with Gasteiger partial charge >= 0.3 is 0 Å². The predicted molar refractivity (Wildman–Crippen MR) is 85.1 cm³/mol. The average molecular weight is 354 g/mol. The highest BCUT2D eigenvalue weighted by atomic mass is 127. The van der Waals surface area contributed by atoms with Gasteiger partial charge in [0.15, 0.2) is 5.96 Å². The number of hydrogen-bond acceptors (Lipinski definition) is 2. The number of nitrogens with two attached hydrogens (primary N) is 1. The van der Waals surface area contributed by atoms with Crippen molar-refractivity contribution in [3.05, 3.63) is 0 Å². The Morgan fingerprint density at radius 1 is 1.29 bits per heavy atom. The number of guanidine groups is 1. The van der Waals surface area contributed by atoms with Crippen LogP contribution in [-0.2, 0) is 0 Å². The molecular formula is C12H27IN4. The Hall–Kier alpha value is -0.0400. The fraction of sp³-hybridized carbons (Fsp3) is 0.917. The first-order valence-corrected chi connectivity index (χ1v) is 6.32. The highest BCUT2D eigenvalue weighted by Gasteiger charge is 2.15. The average Bonchev–Trinajstić information content (AvgIpc) is 2.29. The summed E-state index contributed by atoms with van der Waals surface area (Å²) in [5, 5.41) is 0. The van der Waals surface area contributed by atoms with Gasteiger partial charge in [0.25, 0.3) is 0 Å². The predicted octanol–water partition coefficient (Wildman–Crippen LogP) is 1.75. The number of rotatable bonds is 4. The van der Waals surface area contributed by atoms with Crippen molar-refractivity contribution in [1.82, 2.24) is 9.80 Å². The molecule has 4 nitrogen and oxygen atoms in total. The highest BCUT2D eigenvalue weighted by molar-refractivity contribution is 14.0. The molecule has 0 spiro atoms. The van der Waals surface area contributed by atoms with Crippen LogP contribution >= 0.6 is 24.0 Å². The lowest BCUT2D eigenvalue weighted by atomic mass is 10.1. The lowest BCUT2D eigenvalue weighted by Gasteiger charge is -2.32. The zero-order chi connectivity index (χ0) is 12.0. The van der Waals surface area contributed by atoms with Gasteiger partial charge in [-0.2, -0.15) is 0 Å². The molecule has 0 aromatic carbocycles. The van der Waals surface area contributed by atoms with E-state index < -0.39 is 0 Å². The van der Waals surface area contributed by atoms with Gasteiger partial charge in [-0.3, -0.25) is 4.99 Å². The molecule has 2 N–H and O–H groups in total. The van der Waals surface area contributed by atoms with E-state index in [9.17, 15) is 0 Å². The first-order chi connectivity index (χ1) is 7.61. The first-order valence-electron chi connectivity index (χ1n) is 6.32. The lowest BCUT2D eigenvalue weighted by Crippen LogP contribution is -2.38. The van der Waals surface area contributed by atoms with Gasteiger partial charge in [0.2, 0.25) is 0 Å². The van der Waals surface area contributed by atoms with Crippen LogP contribution in [0.4, 0.5) is 0 Å². The molecule has 0 saturated carbocycles. The van der Waals surface area contributed by atoms with Crippen LogP contribution in [0.2, 0.25) is 0 Å². The summed E-state index contributed by atoms with van der Waals surface area (Å²) >= 11 is 0. The number of halogens is 1. The topological polar surface area (TPSA) is 44.9 Å². The molecule has 1 rings (SSSR count). The van der Waals surface area contributed by atoms with Crippen LogP contribution in [0.3, 0.4) is 0 Å². The molecule has 17 heavy (non-hydrogen) atoms. The van der Waals surface area contributed by atoms with Crippen LogP contribution in [0.25, 0.3) is 0 Å². The Morgan fingerprint density at radius 2 is 1.88 bits per heavy atom. The Bertz CT molecular complexity index is 225. The van der Waals surface area contributed by atoms with E-state index in [0.717, 1.165) is 13.0 Å². The maximum Gasteiger partial charge on any atom is 0.190 e.